The molecular weight excluding hydrogens is 134 g/mol. The van der Waals surface area contributed by atoms with Gasteiger partial charge in [-0.05, 0) is 13.8 Å². The molecule has 0 radical (unpaired) electrons. The Morgan fingerprint density at radius 1 is 1.70 bits per heavy atom. The van der Waals surface area contributed by atoms with Crippen molar-refractivity contribution in [1.82, 2.24) is 0 Å². The number of nitrogens with two attached hydrogens (primary N) is 1. The number of aliphatic carboxylic acids is 1. The Kier molecular flexibility index (Phi) is 9.65. The number of rotatable bonds is 1. The van der Waals surface area contributed by atoms with Crippen molar-refractivity contribution in [2.75, 3.05) is 0 Å². The summed E-state index contributed by atoms with van der Waals surface area (Å²) in [6.07, 6.45) is 1.89. The van der Waals surface area contributed by atoms with Crippen LogP contribution in [-0.2, 0) is 4.79 Å². The molecule has 0 saturated carbocycles. The minimum atomic E-state index is -0.891. The molecule has 4 nitrogen and oxygen atoms in total. The Morgan fingerprint density at radius 2 is 2.00 bits per heavy atom. The average Bonchev–Trinajstić information content (AvgIpc) is 1.62. The summed E-state index contributed by atoms with van der Waals surface area (Å²) in [5.41, 5.74) is 4.67. The number of hydrogen-bond donors (Lipinski definition) is 3. The monoisotopic (exact) mass is 147 g/mol. The van der Waals surface area contributed by atoms with Gasteiger partial charge in [-0.15, -0.1) is 0 Å². The van der Waals surface area contributed by atoms with E-state index in [1.54, 1.807) is 6.92 Å². The van der Waals surface area contributed by atoms with E-state index in [0.29, 0.717) is 0 Å². The molecule has 60 valence electrons. The van der Waals surface area contributed by atoms with Crippen molar-refractivity contribution in [3.8, 4) is 0 Å². The quantitative estimate of drug-likeness (QED) is 0.358. The van der Waals surface area contributed by atoms with Crippen molar-refractivity contribution in [1.29, 1.82) is 0 Å². The summed E-state index contributed by atoms with van der Waals surface area (Å²) in [6, 6.07) is 0. The molecule has 0 fully saturated rings. The minimum absolute atomic E-state index is 0.667. The van der Waals surface area contributed by atoms with Gasteiger partial charge in [-0.3, -0.25) is 0 Å². The van der Waals surface area contributed by atoms with Crippen molar-refractivity contribution < 1.29 is 15.0 Å². The molecule has 0 aromatic carbocycles. The molecule has 0 aliphatic carbocycles. The van der Waals surface area contributed by atoms with Crippen LogP contribution in [0.4, 0.5) is 0 Å². The Hall–Kier alpha value is -0.870. The lowest BCUT2D eigenvalue weighted by Gasteiger charge is -1.82. The van der Waals surface area contributed by atoms with E-state index in [-0.39, 0.29) is 0 Å². The van der Waals surface area contributed by atoms with Crippen LogP contribution in [0.5, 0.6) is 0 Å². The van der Waals surface area contributed by atoms with Crippen LogP contribution in [0, 0.1) is 0 Å². The van der Waals surface area contributed by atoms with Gasteiger partial charge in [0.05, 0.1) is 6.23 Å². The molecule has 10 heavy (non-hydrogen) atoms. The Bertz CT molecular complexity index is 107. The Labute approximate surface area is 60.0 Å². The molecule has 0 rings (SSSR count). The third-order valence-electron chi connectivity index (χ3n) is 0.309. The lowest BCUT2D eigenvalue weighted by molar-refractivity contribution is -0.131. The van der Waals surface area contributed by atoms with Crippen molar-refractivity contribution >= 4 is 5.97 Å². The first-order valence-corrected chi connectivity index (χ1v) is 2.80. The second-order valence-electron chi connectivity index (χ2n) is 1.58. The van der Waals surface area contributed by atoms with Gasteiger partial charge in [0.15, 0.2) is 0 Å². The van der Waals surface area contributed by atoms with Gasteiger partial charge in [-0.2, -0.15) is 0 Å². The van der Waals surface area contributed by atoms with Crippen LogP contribution in [0.25, 0.3) is 0 Å². The van der Waals surface area contributed by atoms with Crippen LogP contribution in [0.3, 0.4) is 0 Å². The molecule has 4 heteroatoms. The molecule has 0 saturated heterocycles. The van der Waals surface area contributed by atoms with E-state index in [2.05, 4.69) is 5.73 Å². The molecule has 0 aromatic heterocycles. The van der Waals surface area contributed by atoms with Gasteiger partial charge < -0.3 is 15.9 Å². The van der Waals surface area contributed by atoms with Crippen molar-refractivity contribution in [2.24, 2.45) is 5.73 Å². The highest BCUT2D eigenvalue weighted by molar-refractivity contribution is 5.79. The van der Waals surface area contributed by atoms with Gasteiger partial charge in [0.1, 0.15) is 0 Å². The van der Waals surface area contributed by atoms with Gasteiger partial charge >= 0.3 is 5.97 Å². The molecular formula is C6H13NO3. The van der Waals surface area contributed by atoms with E-state index < -0.39 is 12.2 Å². The predicted molar refractivity (Wildman–Crippen MR) is 38.3 cm³/mol. The highest BCUT2D eigenvalue weighted by Gasteiger charge is 1.76. The summed E-state index contributed by atoms with van der Waals surface area (Å²) in [7, 11) is 0. The van der Waals surface area contributed by atoms with Gasteiger partial charge in [-0.1, -0.05) is 6.08 Å². The van der Waals surface area contributed by atoms with Gasteiger partial charge in [0.2, 0.25) is 0 Å². The van der Waals surface area contributed by atoms with Crippen LogP contribution in [0.15, 0.2) is 12.2 Å². The number of aliphatic hydroxyl groups excluding tert-OH is 1. The highest BCUT2D eigenvalue weighted by Crippen LogP contribution is 1.65. The first-order chi connectivity index (χ1) is 4.50. The van der Waals surface area contributed by atoms with E-state index in [1.165, 1.54) is 13.0 Å². The van der Waals surface area contributed by atoms with Crippen molar-refractivity contribution in [3.05, 3.63) is 12.2 Å². The minimum Gasteiger partial charge on any atom is -0.478 e. The zero-order valence-electron chi connectivity index (χ0n) is 6.11. The van der Waals surface area contributed by atoms with E-state index in [0.717, 1.165) is 6.08 Å². The summed E-state index contributed by atoms with van der Waals surface area (Å²) in [5, 5.41) is 15.7. The smallest absolute Gasteiger partial charge is 0.327 e. The number of carbonyl (C=O) groups is 1. The van der Waals surface area contributed by atoms with Crippen LogP contribution in [0.2, 0.25) is 0 Å². The molecule has 0 heterocycles. The fraction of sp³-hybridized carbons (Fsp3) is 0.500. The second kappa shape index (κ2) is 8.13. The molecule has 0 aliphatic heterocycles. The molecule has 0 aromatic rings. The van der Waals surface area contributed by atoms with Crippen molar-refractivity contribution in [3.63, 3.8) is 0 Å². The maximum Gasteiger partial charge on any atom is 0.327 e. The number of carboxylic acid groups (broad SMARTS) is 1. The normalized spacial score (nSPS) is 12.0. The highest BCUT2D eigenvalue weighted by atomic mass is 16.4. The molecule has 0 bridgehead atoms. The zero-order chi connectivity index (χ0) is 8.57. The standard InChI is InChI=1S/C4H6O2.C2H7NO/c1-2-3-4(5)6;1-2(3)4/h2-3H,1H3,(H,5,6);2,4H,3H2,1H3/b3-2+;. The largest absolute Gasteiger partial charge is 0.478 e. The van der Waals surface area contributed by atoms with Crippen LogP contribution in [-0.4, -0.2) is 22.4 Å². The first kappa shape index (κ1) is 11.9. The summed E-state index contributed by atoms with van der Waals surface area (Å²) in [5.74, 6) is -0.891. The SMILES string of the molecule is C/C=C/C(=O)O.CC(N)O. The predicted octanol–water partition coefficient (Wildman–Crippen LogP) is -0.0695. The summed E-state index contributed by atoms with van der Waals surface area (Å²) in [4.78, 5) is 9.51. The molecule has 0 spiro atoms. The third kappa shape index (κ3) is 59.1. The maximum atomic E-state index is 9.51. The summed E-state index contributed by atoms with van der Waals surface area (Å²) >= 11 is 0. The average molecular weight is 147 g/mol. The summed E-state index contributed by atoms with van der Waals surface area (Å²) in [6.45, 7) is 3.16. The van der Waals surface area contributed by atoms with E-state index >= 15 is 0 Å². The zero-order valence-corrected chi connectivity index (χ0v) is 6.11. The fourth-order valence-electron chi connectivity index (χ4n) is 0.143. The van der Waals surface area contributed by atoms with Gasteiger partial charge in [-0.25, -0.2) is 4.79 Å². The second-order valence-corrected chi connectivity index (χ2v) is 1.58. The lowest BCUT2D eigenvalue weighted by atomic mass is 10.5. The Morgan fingerprint density at radius 3 is 2.00 bits per heavy atom. The van der Waals surface area contributed by atoms with Crippen molar-refractivity contribution in [2.45, 2.75) is 20.1 Å². The molecule has 0 aliphatic rings. The van der Waals surface area contributed by atoms with Crippen LogP contribution in [0.1, 0.15) is 13.8 Å². The molecule has 4 N–H and O–H groups in total. The lowest BCUT2D eigenvalue weighted by Crippen LogP contribution is -2.11. The summed E-state index contributed by atoms with van der Waals surface area (Å²) < 4.78 is 0. The van der Waals surface area contributed by atoms with E-state index in [9.17, 15) is 4.79 Å². The number of allylic oxidation sites excluding steroid dienone is 1. The van der Waals surface area contributed by atoms with Gasteiger partial charge in [0.25, 0.3) is 0 Å². The van der Waals surface area contributed by atoms with E-state index in [4.69, 9.17) is 10.2 Å². The molecule has 1 unspecified atom stereocenters. The number of aliphatic hydroxyl groups is 1. The molecule has 0 amide bonds. The van der Waals surface area contributed by atoms with Crippen LogP contribution < -0.4 is 5.73 Å². The number of hydrogen-bond acceptors (Lipinski definition) is 3. The Balaban J connectivity index is 0. The fourth-order valence-corrected chi connectivity index (χ4v) is 0.143. The maximum absolute atomic E-state index is 9.51. The first-order valence-electron chi connectivity index (χ1n) is 2.80. The number of carboxylic acids is 1. The van der Waals surface area contributed by atoms with Gasteiger partial charge in [0, 0.05) is 6.08 Å². The third-order valence-corrected chi connectivity index (χ3v) is 0.309. The topological polar surface area (TPSA) is 83.5 Å². The molecule has 1 atom stereocenters. The van der Waals surface area contributed by atoms with E-state index in [1.807, 2.05) is 0 Å². The van der Waals surface area contributed by atoms with Crippen LogP contribution >= 0.6 is 0 Å².